The number of hydrogen-bond donors (Lipinski definition) is 1. The molecule has 0 saturated heterocycles. The summed E-state index contributed by atoms with van der Waals surface area (Å²) in [4.78, 5) is 6.54. The van der Waals surface area contributed by atoms with Crippen LogP contribution in [0.1, 0.15) is 17.5 Å². The Balaban J connectivity index is 1.64. The van der Waals surface area contributed by atoms with Crippen molar-refractivity contribution in [2.24, 2.45) is 0 Å². The van der Waals surface area contributed by atoms with Crippen LogP contribution in [-0.4, -0.2) is 32.6 Å². The molecule has 0 amide bonds. The maximum Gasteiger partial charge on any atom is 0.122 e. The Morgan fingerprint density at radius 3 is 2.84 bits per heavy atom. The van der Waals surface area contributed by atoms with Crippen molar-refractivity contribution in [3.63, 3.8) is 0 Å². The van der Waals surface area contributed by atoms with Crippen molar-refractivity contribution < 1.29 is 5.11 Å². The molecule has 2 aromatic rings. The highest BCUT2D eigenvalue weighted by Gasteiger charge is 2.19. The highest BCUT2D eigenvalue weighted by molar-refractivity contribution is 6.30. The van der Waals surface area contributed by atoms with Crippen molar-refractivity contribution in [1.29, 1.82) is 0 Å². The first-order valence-corrected chi connectivity index (χ1v) is 6.76. The molecule has 5 heteroatoms. The summed E-state index contributed by atoms with van der Waals surface area (Å²) in [5, 5.41) is 10.9. The van der Waals surface area contributed by atoms with Crippen LogP contribution >= 0.6 is 11.6 Å². The van der Waals surface area contributed by atoms with Gasteiger partial charge in [0.1, 0.15) is 5.82 Å². The number of nitrogens with zero attached hydrogens (tertiary/aromatic N) is 3. The Morgan fingerprint density at radius 1 is 1.26 bits per heavy atom. The van der Waals surface area contributed by atoms with Crippen LogP contribution in [0.5, 0.6) is 0 Å². The van der Waals surface area contributed by atoms with Crippen LogP contribution in [0.2, 0.25) is 5.02 Å². The fourth-order valence-electron chi connectivity index (χ4n) is 2.41. The normalized spacial score (nSPS) is 17.2. The van der Waals surface area contributed by atoms with Crippen LogP contribution < -0.4 is 0 Å². The Hall–Kier alpha value is -1.36. The third kappa shape index (κ3) is 2.81. The van der Waals surface area contributed by atoms with Crippen molar-refractivity contribution in [3.05, 3.63) is 53.1 Å². The second-order valence-corrected chi connectivity index (χ2v) is 5.28. The summed E-state index contributed by atoms with van der Waals surface area (Å²) in [6, 6.07) is 7.36. The zero-order valence-corrected chi connectivity index (χ0v) is 11.3. The molecule has 2 heterocycles. The first kappa shape index (κ1) is 12.7. The van der Waals surface area contributed by atoms with E-state index in [4.69, 9.17) is 11.6 Å². The van der Waals surface area contributed by atoms with E-state index in [1.165, 1.54) is 0 Å². The molecule has 3 rings (SSSR count). The second kappa shape index (κ2) is 5.33. The summed E-state index contributed by atoms with van der Waals surface area (Å²) in [6.45, 7) is 3.28. The lowest BCUT2D eigenvalue weighted by atomic mass is 10.1. The van der Waals surface area contributed by atoms with Gasteiger partial charge < -0.3 is 9.67 Å². The van der Waals surface area contributed by atoms with Gasteiger partial charge in [0.15, 0.2) is 0 Å². The average Bonchev–Trinajstić information content (AvgIpc) is 2.87. The molecule has 0 saturated carbocycles. The maximum absolute atomic E-state index is 10.3. The van der Waals surface area contributed by atoms with Gasteiger partial charge in [0.05, 0.1) is 12.6 Å². The molecule has 1 aromatic carbocycles. The average molecular weight is 278 g/mol. The fraction of sp³-hybridized carbons (Fsp3) is 0.357. The highest BCUT2D eigenvalue weighted by Crippen LogP contribution is 2.19. The van der Waals surface area contributed by atoms with Gasteiger partial charge in [0, 0.05) is 37.1 Å². The van der Waals surface area contributed by atoms with Gasteiger partial charge in [0.2, 0.25) is 0 Å². The first-order chi connectivity index (χ1) is 9.22. The van der Waals surface area contributed by atoms with Crippen molar-refractivity contribution in [1.82, 2.24) is 14.5 Å². The molecule has 0 fully saturated rings. The van der Waals surface area contributed by atoms with Gasteiger partial charge in [-0.3, -0.25) is 4.90 Å². The fourth-order valence-corrected chi connectivity index (χ4v) is 2.54. The van der Waals surface area contributed by atoms with Gasteiger partial charge in [-0.2, -0.15) is 0 Å². The minimum atomic E-state index is -0.487. The third-order valence-electron chi connectivity index (χ3n) is 3.51. The molecule has 1 aliphatic rings. The Morgan fingerprint density at radius 2 is 2.05 bits per heavy atom. The summed E-state index contributed by atoms with van der Waals surface area (Å²) in [5.74, 6) is 1.06. The molecule has 0 spiro atoms. The number of hydrogen-bond acceptors (Lipinski definition) is 3. The highest BCUT2D eigenvalue weighted by atomic mass is 35.5. The molecule has 0 aliphatic carbocycles. The monoisotopic (exact) mass is 277 g/mol. The molecule has 0 radical (unpaired) electrons. The van der Waals surface area contributed by atoms with Crippen molar-refractivity contribution >= 4 is 11.6 Å². The van der Waals surface area contributed by atoms with E-state index in [-0.39, 0.29) is 0 Å². The lowest BCUT2D eigenvalue weighted by molar-refractivity contribution is 0.0963. The van der Waals surface area contributed by atoms with Crippen molar-refractivity contribution in [2.75, 3.05) is 13.1 Å². The van der Waals surface area contributed by atoms with Crippen molar-refractivity contribution in [3.8, 4) is 0 Å². The molecule has 1 aliphatic heterocycles. The van der Waals surface area contributed by atoms with E-state index in [0.29, 0.717) is 11.6 Å². The number of benzene rings is 1. The predicted octanol–water partition coefficient (Wildman–Crippen LogP) is 2.09. The van der Waals surface area contributed by atoms with E-state index in [0.717, 1.165) is 31.0 Å². The van der Waals surface area contributed by atoms with Crippen LogP contribution in [0.25, 0.3) is 0 Å². The standard InChI is InChI=1S/C14H16ClN3O/c15-12-3-1-11(2-4-12)13(19)9-17-7-8-18-6-5-16-14(18)10-17/h1-6,13,19H,7-10H2/t13-/m1/s1. The van der Waals surface area contributed by atoms with Gasteiger partial charge in [-0.05, 0) is 17.7 Å². The van der Waals surface area contributed by atoms with Crippen LogP contribution in [0.3, 0.4) is 0 Å². The van der Waals surface area contributed by atoms with Crippen LogP contribution in [0, 0.1) is 0 Å². The largest absolute Gasteiger partial charge is 0.387 e. The molecule has 1 N–H and O–H groups in total. The number of β-amino-alcohol motifs (C(OH)–C–C–N with tert-alkyl or cyclic N) is 1. The van der Waals surface area contributed by atoms with E-state index < -0.39 is 6.10 Å². The van der Waals surface area contributed by atoms with Gasteiger partial charge in [-0.1, -0.05) is 23.7 Å². The third-order valence-corrected chi connectivity index (χ3v) is 3.76. The summed E-state index contributed by atoms with van der Waals surface area (Å²) < 4.78 is 2.16. The molecule has 1 atom stereocenters. The minimum absolute atomic E-state index is 0.487. The molecule has 0 unspecified atom stereocenters. The SMILES string of the molecule is O[C@H](CN1CCn2ccnc2C1)c1ccc(Cl)cc1. The molecular weight excluding hydrogens is 262 g/mol. The van der Waals surface area contributed by atoms with E-state index in [2.05, 4.69) is 14.5 Å². The molecular formula is C14H16ClN3O. The molecule has 4 nitrogen and oxygen atoms in total. The number of aromatic nitrogens is 2. The minimum Gasteiger partial charge on any atom is -0.387 e. The van der Waals surface area contributed by atoms with E-state index in [9.17, 15) is 5.11 Å². The van der Waals surface area contributed by atoms with Gasteiger partial charge in [-0.15, -0.1) is 0 Å². The molecule has 0 bridgehead atoms. The zero-order chi connectivity index (χ0) is 13.2. The molecule has 100 valence electrons. The lowest BCUT2D eigenvalue weighted by Crippen LogP contribution is -2.36. The number of fused-ring (bicyclic) bond motifs is 1. The summed E-state index contributed by atoms with van der Waals surface area (Å²) >= 11 is 5.85. The van der Waals surface area contributed by atoms with Crippen molar-refractivity contribution in [2.45, 2.75) is 19.2 Å². The summed E-state index contributed by atoms with van der Waals surface area (Å²) in [5.41, 5.74) is 0.901. The van der Waals surface area contributed by atoms with Gasteiger partial charge in [0.25, 0.3) is 0 Å². The van der Waals surface area contributed by atoms with Gasteiger partial charge in [-0.25, -0.2) is 4.98 Å². The van der Waals surface area contributed by atoms with Crippen LogP contribution in [0.15, 0.2) is 36.7 Å². The molecule has 1 aromatic heterocycles. The van der Waals surface area contributed by atoms with Crippen LogP contribution in [-0.2, 0) is 13.1 Å². The Bertz CT molecular complexity index is 552. The number of imidazole rings is 1. The van der Waals surface area contributed by atoms with E-state index in [1.807, 2.05) is 36.7 Å². The van der Waals surface area contributed by atoms with Crippen LogP contribution in [0.4, 0.5) is 0 Å². The summed E-state index contributed by atoms with van der Waals surface area (Å²) in [6.07, 6.45) is 3.34. The Kier molecular flexibility index (Phi) is 3.55. The zero-order valence-electron chi connectivity index (χ0n) is 10.5. The number of aliphatic hydroxyl groups is 1. The molecule has 19 heavy (non-hydrogen) atoms. The topological polar surface area (TPSA) is 41.3 Å². The Labute approximate surface area is 117 Å². The first-order valence-electron chi connectivity index (χ1n) is 6.38. The number of halogens is 1. The number of rotatable bonds is 3. The quantitative estimate of drug-likeness (QED) is 0.934. The second-order valence-electron chi connectivity index (χ2n) is 4.84. The summed E-state index contributed by atoms with van der Waals surface area (Å²) in [7, 11) is 0. The maximum atomic E-state index is 10.3. The predicted molar refractivity (Wildman–Crippen MR) is 73.9 cm³/mol. The number of aliphatic hydroxyl groups excluding tert-OH is 1. The van der Waals surface area contributed by atoms with Gasteiger partial charge >= 0.3 is 0 Å². The lowest BCUT2D eigenvalue weighted by Gasteiger charge is -2.29. The van der Waals surface area contributed by atoms with E-state index in [1.54, 1.807) is 0 Å². The smallest absolute Gasteiger partial charge is 0.122 e. The van der Waals surface area contributed by atoms with E-state index >= 15 is 0 Å².